The van der Waals surface area contributed by atoms with Gasteiger partial charge in [-0.2, -0.15) is 18.2 Å². The number of hydrogen-bond acceptors (Lipinski definition) is 5. The summed E-state index contributed by atoms with van der Waals surface area (Å²) in [6, 6.07) is 21.2. The number of nitrogens with one attached hydrogen (secondary N) is 1. The first kappa shape index (κ1) is 27.8. The molecule has 0 radical (unpaired) electrons. The molecular weight excluding hydrogens is 509 g/mol. The molecule has 10 heteroatoms. The number of rotatable bonds is 11. The van der Waals surface area contributed by atoms with Gasteiger partial charge < -0.3 is 14.8 Å². The van der Waals surface area contributed by atoms with Crippen LogP contribution in [0.3, 0.4) is 0 Å². The van der Waals surface area contributed by atoms with Crippen LogP contribution in [0.1, 0.15) is 37.3 Å². The highest BCUT2D eigenvalue weighted by Gasteiger charge is 2.31. The molecule has 7 nitrogen and oxygen atoms in total. The van der Waals surface area contributed by atoms with E-state index < -0.39 is 11.7 Å². The fraction of sp³-hybridized carbons (Fsp3) is 0.276. The summed E-state index contributed by atoms with van der Waals surface area (Å²) in [5, 5.41) is 7.31. The summed E-state index contributed by atoms with van der Waals surface area (Å²) >= 11 is 0. The third-order valence-corrected chi connectivity index (χ3v) is 6.00. The summed E-state index contributed by atoms with van der Waals surface area (Å²) in [6.07, 6.45) is -3.87. The van der Waals surface area contributed by atoms with Crippen molar-refractivity contribution < 1.29 is 27.4 Å². The van der Waals surface area contributed by atoms with E-state index in [-0.39, 0.29) is 35.8 Å². The van der Waals surface area contributed by atoms with Gasteiger partial charge in [-0.05, 0) is 55.3 Å². The molecule has 0 spiro atoms. The minimum absolute atomic E-state index is 0.00754. The van der Waals surface area contributed by atoms with Crippen LogP contribution in [0, 0.1) is 0 Å². The van der Waals surface area contributed by atoms with Crippen LogP contribution >= 0.6 is 0 Å². The topological polar surface area (TPSA) is 78.3 Å². The van der Waals surface area contributed by atoms with Crippen molar-refractivity contribution in [1.29, 1.82) is 0 Å². The Bertz CT molecular complexity index is 1370. The standard InChI is InChI=1S/C29H29F3N4O3/c1-3-25(20-9-6-5-7-10-20)27(37)33-23-13-15-24(16-14-23)36-26(34-28(35-36)39-18-17-38-4-2)21-11-8-12-22(19-21)29(30,31)32/h5-16,19,25H,3-4,17-18H2,1-2H3,(H,33,37)/t25-/m1/s1. The van der Waals surface area contributed by atoms with Gasteiger partial charge in [-0.1, -0.05) is 49.4 Å². The van der Waals surface area contributed by atoms with Crippen LogP contribution in [-0.4, -0.2) is 40.5 Å². The van der Waals surface area contributed by atoms with E-state index in [1.165, 1.54) is 16.8 Å². The molecule has 0 aliphatic rings. The van der Waals surface area contributed by atoms with E-state index in [0.29, 0.717) is 31.0 Å². The summed E-state index contributed by atoms with van der Waals surface area (Å²) in [6.45, 7) is 4.84. The molecule has 0 saturated heterocycles. The second kappa shape index (κ2) is 12.6. The van der Waals surface area contributed by atoms with E-state index in [0.717, 1.165) is 17.7 Å². The zero-order chi connectivity index (χ0) is 27.8. The maximum Gasteiger partial charge on any atom is 0.416 e. The van der Waals surface area contributed by atoms with Crippen LogP contribution in [0.15, 0.2) is 78.9 Å². The number of nitrogens with zero attached hydrogens (tertiary/aromatic N) is 3. The molecule has 0 bridgehead atoms. The molecule has 1 aromatic heterocycles. The number of benzene rings is 3. The Kier molecular flexibility index (Phi) is 8.98. The van der Waals surface area contributed by atoms with Crippen LogP contribution in [0.4, 0.5) is 18.9 Å². The summed E-state index contributed by atoms with van der Waals surface area (Å²) < 4.78 is 52.4. The third kappa shape index (κ3) is 7.02. The molecule has 39 heavy (non-hydrogen) atoms. The lowest BCUT2D eigenvalue weighted by Crippen LogP contribution is -2.20. The normalized spacial score (nSPS) is 12.2. The summed E-state index contributed by atoms with van der Waals surface area (Å²) in [5.41, 5.74) is 1.47. The van der Waals surface area contributed by atoms with Crippen molar-refractivity contribution in [2.24, 2.45) is 0 Å². The van der Waals surface area contributed by atoms with Gasteiger partial charge in [-0.25, -0.2) is 4.68 Å². The predicted octanol–water partition coefficient (Wildman–Crippen LogP) is 6.50. The van der Waals surface area contributed by atoms with Gasteiger partial charge in [0.2, 0.25) is 5.91 Å². The Morgan fingerprint density at radius 1 is 0.974 bits per heavy atom. The zero-order valence-electron chi connectivity index (χ0n) is 21.6. The number of carbonyl (C=O) groups excluding carboxylic acids is 1. The minimum atomic E-state index is -4.51. The summed E-state index contributed by atoms with van der Waals surface area (Å²) in [4.78, 5) is 17.3. The van der Waals surface area contributed by atoms with E-state index in [1.807, 2.05) is 44.2 Å². The van der Waals surface area contributed by atoms with E-state index in [9.17, 15) is 18.0 Å². The average molecular weight is 539 g/mol. The van der Waals surface area contributed by atoms with E-state index in [4.69, 9.17) is 9.47 Å². The van der Waals surface area contributed by atoms with Gasteiger partial charge in [-0.15, -0.1) is 5.10 Å². The number of amides is 1. The lowest BCUT2D eigenvalue weighted by atomic mass is 9.95. The largest absolute Gasteiger partial charge is 0.460 e. The zero-order valence-corrected chi connectivity index (χ0v) is 21.6. The van der Waals surface area contributed by atoms with Gasteiger partial charge in [0, 0.05) is 17.9 Å². The molecule has 3 aromatic carbocycles. The molecule has 0 saturated carbocycles. The maximum absolute atomic E-state index is 13.4. The lowest BCUT2D eigenvalue weighted by molar-refractivity contribution is -0.137. The fourth-order valence-electron chi connectivity index (χ4n) is 4.07. The Balaban J connectivity index is 1.60. The first-order valence-corrected chi connectivity index (χ1v) is 12.6. The van der Waals surface area contributed by atoms with Crippen molar-refractivity contribution in [2.45, 2.75) is 32.4 Å². The molecule has 1 N–H and O–H groups in total. The van der Waals surface area contributed by atoms with E-state index in [2.05, 4.69) is 15.4 Å². The molecule has 4 rings (SSSR count). The highest BCUT2D eigenvalue weighted by atomic mass is 19.4. The van der Waals surface area contributed by atoms with Crippen LogP contribution in [-0.2, 0) is 15.7 Å². The van der Waals surface area contributed by atoms with Crippen molar-refractivity contribution in [3.8, 4) is 23.1 Å². The van der Waals surface area contributed by atoms with Gasteiger partial charge in [-0.3, -0.25) is 4.79 Å². The van der Waals surface area contributed by atoms with Gasteiger partial charge in [0.05, 0.1) is 23.8 Å². The Morgan fingerprint density at radius 3 is 2.38 bits per heavy atom. The molecule has 0 fully saturated rings. The Morgan fingerprint density at radius 2 is 1.72 bits per heavy atom. The second-order valence-electron chi connectivity index (χ2n) is 8.66. The van der Waals surface area contributed by atoms with Gasteiger partial charge in [0.25, 0.3) is 0 Å². The second-order valence-corrected chi connectivity index (χ2v) is 8.66. The van der Waals surface area contributed by atoms with Crippen LogP contribution in [0.2, 0.25) is 0 Å². The SMILES string of the molecule is CCOCCOc1nc(-c2cccc(C(F)(F)F)c2)n(-c2ccc(NC(=O)[C@H](CC)c3ccccc3)cc2)n1. The number of alkyl halides is 3. The predicted molar refractivity (Wildman–Crippen MR) is 142 cm³/mol. The van der Waals surface area contributed by atoms with Crippen molar-refractivity contribution in [2.75, 3.05) is 25.1 Å². The molecule has 4 aromatic rings. The smallest absolute Gasteiger partial charge is 0.416 e. The van der Waals surface area contributed by atoms with Crippen molar-refractivity contribution in [1.82, 2.24) is 14.8 Å². The monoisotopic (exact) mass is 538 g/mol. The average Bonchev–Trinajstić information content (AvgIpc) is 3.36. The van der Waals surface area contributed by atoms with Gasteiger partial charge in [0.1, 0.15) is 6.61 Å². The minimum Gasteiger partial charge on any atom is -0.460 e. The number of anilines is 1. The van der Waals surface area contributed by atoms with Crippen molar-refractivity contribution >= 4 is 11.6 Å². The molecule has 204 valence electrons. The third-order valence-electron chi connectivity index (χ3n) is 6.00. The van der Waals surface area contributed by atoms with Crippen LogP contribution < -0.4 is 10.1 Å². The van der Waals surface area contributed by atoms with Crippen LogP contribution in [0.25, 0.3) is 17.1 Å². The van der Waals surface area contributed by atoms with Crippen molar-refractivity contribution in [3.05, 3.63) is 90.0 Å². The highest BCUT2D eigenvalue weighted by molar-refractivity contribution is 5.95. The quantitative estimate of drug-likeness (QED) is 0.221. The molecular formula is C29H29F3N4O3. The molecule has 1 heterocycles. The van der Waals surface area contributed by atoms with E-state index in [1.54, 1.807) is 24.3 Å². The Hall–Kier alpha value is -4.18. The fourth-order valence-corrected chi connectivity index (χ4v) is 4.07. The molecule has 1 amide bonds. The number of hydrogen-bond donors (Lipinski definition) is 1. The van der Waals surface area contributed by atoms with Gasteiger partial charge in [0.15, 0.2) is 5.82 Å². The van der Waals surface area contributed by atoms with Gasteiger partial charge >= 0.3 is 12.2 Å². The van der Waals surface area contributed by atoms with E-state index >= 15 is 0 Å². The Labute approximate surface area is 224 Å². The molecule has 0 aliphatic heterocycles. The van der Waals surface area contributed by atoms with Crippen molar-refractivity contribution in [3.63, 3.8) is 0 Å². The lowest BCUT2D eigenvalue weighted by Gasteiger charge is -2.16. The molecule has 0 unspecified atom stereocenters. The maximum atomic E-state index is 13.4. The first-order chi connectivity index (χ1) is 18.8. The number of aromatic nitrogens is 3. The summed E-state index contributed by atoms with van der Waals surface area (Å²) in [5.74, 6) is -0.253. The highest BCUT2D eigenvalue weighted by Crippen LogP contribution is 2.33. The van der Waals surface area contributed by atoms with Crippen LogP contribution in [0.5, 0.6) is 6.01 Å². The number of halogens is 3. The molecule has 1 atom stereocenters. The summed E-state index contributed by atoms with van der Waals surface area (Å²) in [7, 11) is 0. The number of ether oxygens (including phenoxy) is 2. The first-order valence-electron chi connectivity index (χ1n) is 12.6. The number of carbonyl (C=O) groups is 1. The molecule has 0 aliphatic carbocycles.